The van der Waals surface area contributed by atoms with Crippen LogP contribution in [0.15, 0.2) is 47.6 Å². The number of amides is 2. The molecular weight excluding hydrogens is 450 g/mol. The van der Waals surface area contributed by atoms with E-state index in [1.54, 1.807) is 56.3 Å². The Labute approximate surface area is 197 Å². The lowest BCUT2D eigenvalue weighted by molar-refractivity contribution is -0.142. The van der Waals surface area contributed by atoms with Crippen molar-refractivity contribution in [3.63, 3.8) is 0 Å². The molecular formula is C23H26ClN3O6. The van der Waals surface area contributed by atoms with E-state index >= 15 is 0 Å². The number of hydrogen-bond acceptors (Lipinski definition) is 7. The normalized spacial score (nSPS) is 11.7. The summed E-state index contributed by atoms with van der Waals surface area (Å²) in [6.07, 6.45) is 1.41. The van der Waals surface area contributed by atoms with Crippen molar-refractivity contribution < 1.29 is 28.6 Å². The van der Waals surface area contributed by atoms with Gasteiger partial charge in [0.25, 0.3) is 11.8 Å². The third-order valence-corrected chi connectivity index (χ3v) is 4.83. The van der Waals surface area contributed by atoms with Crippen LogP contribution in [0.1, 0.15) is 29.8 Å². The molecule has 0 spiro atoms. The van der Waals surface area contributed by atoms with E-state index < -0.39 is 23.8 Å². The number of nitrogens with zero attached hydrogens (tertiary/aromatic N) is 1. The molecule has 2 N–H and O–H groups in total. The van der Waals surface area contributed by atoms with E-state index in [0.717, 1.165) is 0 Å². The quantitative estimate of drug-likeness (QED) is 0.310. The first-order valence-electron chi connectivity index (χ1n) is 10.0. The third-order valence-electron chi connectivity index (χ3n) is 4.50. The number of halogens is 1. The Morgan fingerprint density at radius 3 is 2.45 bits per heavy atom. The summed E-state index contributed by atoms with van der Waals surface area (Å²) in [4.78, 5) is 36.4. The zero-order valence-corrected chi connectivity index (χ0v) is 19.5. The monoisotopic (exact) mass is 475 g/mol. The van der Waals surface area contributed by atoms with Gasteiger partial charge in [-0.1, -0.05) is 37.6 Å². The summed E-state index contributed by atoms with van der Waals surface area (Å²) < 4.78 is 15.2. The second kappa shape index (κ2) is 12.4. The molecule has 2 aromatic rings. The van der Waals surface area contributed by atoms with E-state index in [1.165, 1.54) is 20.4 Å². The zero-order chi connectivity index (χ0) is 24.4. The highest BCUT2D eigenvalue weighted by Gasteiger charge is 2.25. The zero-order valence-electron chi connectivity index (χ0n) is 18.8. The van der Waals surface area contributed by atoms with Gasteiger partial charge in [0.15, 0.2) is 18.1 Å². The molecule has 1 unspecified atom stereocenters. The third kappa shape index (κ3) is 7.50. The first-order chi connectivity index (χ1) is 15.8. The van der Waals surface area contributed by atoms with E-state index in [2.05, 4.69) is 20.6 Å². The molecule has 9 nitrogen and oxygen atoms in total. The van der Waals surface area contributed by atoms with Gasteiger partial charge in [0.1, 0.15) is 6.04 Å². The number of benzene rings is 2. The average Bonchev–Trinajstić information content (AvgIpc) is 2.80. The Kier molecular flexibility index (Phi) is 9.68. The Hall–Kier alpha value is -3.59. The van der Waals surface area contributed by atoms with Crippen LogP contribution in [0, 0.1) is 5.92 Å². The highest BCUT2D eigenvalue weighted by atomic mass is 35.5. The molecule has 176 valence electrons. The Morgan fingerprint density at radius 1 is 1.09 bits per heavy atom. The molecule has 33 heavy (non-hydrogen) atoms. The number of rotatable bonds is 10. The molecule has 1 atom stereocenters. The maximum Gasteiger partial charge on any atom is 0.343 e. The number of carbonyl (C=O) groups excluding carboxylic acids is 3. The van der Waals surface area contributed by atoms with Crippen molar-refractivity contribution in [3.05, 3.63) is 58.6 Å². The number of ether oxygens (including phenoxy) is 3. The summed E-state index contributed by atoms with van der Waals surface area (Å²) in [5.74, 6) is -0.922. The molecule has 0 saturated heterocycles. The predicted molar refractivity (Wildman–Crippen MR) is 124 cm³/mol. The second-order valence-corrected chi connectivity index (χ2v) is 7.59. The smallest absolute Gasteiger partial charge is 0.343 e. The first kappa shape index (κ1) is 25.7. The van der Waals surface area contributed by atoms with Crippen molar-refractivity contribution in [2.45, 2.75) is 19.9 Å². The molecule has 0 saturated carbocycles. The van der Waals surface area contributed by atoms with Crippen molar-refractivity contribution in [2.75, 3.05) is 20.8 Å². The van der Waals surface area contributed by atoms with Crippen LogP contribution in [-0.4, -0.2) is 50.9 Å². The Morgan fingerprint density at radius 2 is 1.82 bits per heavy atom. The van der Waals surface area contributed by atoms with Crippen LogP contribution in [0.4, 0.5) is 0 Å². The fraction of sp³-hybridized carbons (Fsp3) is 0.304. The lowest BCUT2D eigenvalue weighted by atomic mass is 10.0. The minimum atomic E-state index is -0.824. The number of methoxy groups -OCH3 is 2. The van der Waals surface area contributed by atoms with Gasteiger partial charge in [0, 0.05) is 0 Å². The summed E-state index contributed by atoms with van der Waals surface area (Å²) in [6, 6.07) is 10.7. The van der Waals surface area contributed by atoms with Crippen LogP contribution in [0.25, 0.3) is 0 Å². The fourth-order valence-electron chi connectivity index (χ4n) is 2.72. The van der Waals surface area contributed by atoms with E-state index in [4.69, 9.17) is 21.1 Å². The Bertz CT molecular complexity index is 1030. The van der Waals surface area contributed by atoms with Crippen LogP contribution in [0.2, 0.25) is 5.02 Å². The summed E-state index contributed by atoms with van der Waals surface area (Å²) in [7, 11) is 2.72. The summed E-state index contributed by atoms with van der Waals surface area (Å²) in [5.41, 5.74) is 3.32. The minimum Gasteiger partial charge on any atom is -0.493 e. The van der Waals surface area contributed by atoms with Crippen LogP contribution in [0.3, 0.4) is 0 Å². The Balaban J connectivity index is 2.03. The van der Waals surface area contributed by atoms with Crippen molar-refractivity contribution in [2.24, 2.45) is 11.0 Å². The lowest BCUT2D eigenvalue weighted by Crippen LogP contribution is -2.48. The SMILES string of the molecule is COC(=O)COc1ccc(/C=N/NC(=O)C(NC(=O)c2ccccc2Cl)C(C)C)cc1OC. The molecule has 0 aromatic heterocycles. The number of carbonyl (C=O) groups is 3. The number of hydrazone groups is 1. The van der Waals surface area contributed by atoms with Crippen LogP contribution in [0.5, 0.6) is 11.5 Å². The molecule has 0 aliphatic rings. The minimum absolute atomic E-state index is 0.196. The van der Waals surface area contributed by atoms with Crippen LogP contribution < -0.4 is 20.2 Å². The topological polar surface area (TPSA) is 115 Å². The second-order valence-electron chi connectivity index (χ2n) is 7.18. The van der Waals surface area contributed by atoms with Gasteiger partial charge in [0.2, 0.25) is 0 Å². The molecule has 0 fully saturated rings. The van der Waals surface area contributed by atoms with Crippen molar-refractivity contribution in [3.8, 4) is 11.5 Å². The largest absolute Gasteiger partial charge is 0.493 e. The van der Waals surface area contributed by atoms with Crippen molar-refractivity contribution >= 4 is 35.6 Å². The summed E-state index contributed by atoms with van der Waals surface area (Å²) in [6.45, 7) is 3.35. The van der Waals surface area contributed by atoms with E-state index in [1.807, 2.05) is 0 Å². The van der Waals surface area contributed by atoms with Gasteiger partial charge in [-0.3, -0.25) is 9.59 Å². The molecule has 0 bridgehead atoms. The molecule has 2 rings (SSSR count). The predicted octanol–water partition coefficient (Wildman–Crippen LogP) is 2.81. The molecule has 10 heteroatoms. The van der Waals surface area contributed by atoms with Gasteiger partial charge < -0.3 is 19.5 Å². The number of esters is 1. The number of nitrogens with one attached hydrogen (secondary N) is 2. The standard InChI is InChI=1S/C23H26ClN3O6/c1-14(2)21(26-22(29)16-7-5-6-8-17(16)24)23(30)27-25-12-15-9-10-18(19(11-15)31-3)33-13-20(28)32-4/h5-12,14,21H,13H2,1-4H3,(H,26,29)(H,27,30)/b25-12+. The van der Waals surface area contributed by atoms with Gasteiger partial charge in [-0.2, -0.15) is 5.10 Å². The van der Waals surface area contributed by atoms with Crippen LogP contribution >= 0.6 is 11.6 Å². The average molecular weight is 476 g/mol. The van der Waals surface area contributed by atoms with Gasteiger partial charge in [-0.15, -0.1) is 0 Å². The van der Waals surface area contributed by atoms with Gasteiger partial charge in [-0.05, 0) is 41.8 Å². The highest BCUT2D eigenvalue weighted by molar-refractivity contribution is 6.33. The molecule has 0 aliphatic heterocycles. The molecule has 2 amide bonds. The van der Waals surface area contributed by atoms with Gasteiger partial charge in [0.05, 0.1) is 31.0 Å². The summed E-state index contributed by atoms with van der Waals surface area (Å²) in [5, 5.41) is 6.95. The maximum atomic E-state index is 12.6. The van der Waals surface area contributed by atoms with Gasteiger partial charge in [-0.25, -0.2) is 10.2 Å². The van der Waals surface area contributed by atoms with Crippen molar-refractivity contribution in [1.29, 1.82) is 0 Å². The van der Waals surface area contributed by atoms with E-state index in [9.17, 15) is 14.4 Å². The molecule has 2 aromatic carbocycles. The van der Waals surface area contributed by atoms with Gasteiger partial charge >= 0.3 is 5.97 Å². The number of hydrogen-bond donors (Lipinski definition) is 2. The van der Waals surface area contributed by atoms with Crippen LogP contribution in [-0.2, 0) is 14.3 Å². The highest BCUT2D eigenvalue weighted by Crippen LogP contribution is 2.27. The lowest BCUT2D eigenvalue weighted by Gasteiger charge is -2.20. The maximum absolute atomic E-state index is 12.6. The van der Waals surface area contributed by atoms with E-state index in [0.29, 0.717) is 22.1 Å². The molecule has 0 radical (unpaired) electrons. The van der Waals surface area contributed by atoms with E-state index in [-0.39, 0.29) is 18.1 Å². The molecule has 0 heterocycles. The molecule has 0 aliphatic carbocycles. The summed E-state index contributed by atoms with van der Waals surface area (Å²) >= 11 is 6.06. The van der Waals surface area contributed by atoms with Crippen molar-refractivity contribution in [1.82, 2.24) is 10.7 Å². The fourth-order valence-corrected chi connectivity index (χ4v) is 2.94. The first-order valence-corrected chi connectivity index (χ1v) is 10.4.